The lowest BCUT2D eigenvalue weighted by molar-refractivity contribution is 0.610. The van der Waals surface area contributed by atoms with Crippen LogP contribution < -0.4 is 10.2 Å². The highest BCUT2D eigenvalue weighted by Gasteiger charge is 2.16. The Morgan fingerprint density at radius 2 is 2.20 bits per heavy atom. The maximum Gasteiger partial charge on any atom is 0.0602 e. The molecule has 15 heavy (non-hydrogen) atoms. The molecule has 0 fully saturated rings. The minimum absolute atomic E-state index is 0.720. The predicted molar refractivity (Wildman–Crippen MR) is 66.7 cm³/mol. The molecule has 0 aromatic heterocycles. The van der Waals surface area contributed by atoms with Gasteiger partial charge in [-0.2, -0.15) is 0 Å². The Morgan fingerprint density at radius 3 is 2.93 bits per heavy atom. The van der Waals surface area contributed by atoms with Crippen molar-refractivity contribution in [3.05, 3.63) is 23.8 Å². The van der Waals surface area contributed by atoms with E-state index in [1.54, 1.807) is 0 Å². The summed E-state index contributed by atoms with van der Waals surface area (Å²) >= 11 is 0. The van der Waals surface area contributed by atoms with Gasteiger partial charge in [0.15, 0.2) is 0 Å². The summed E-state index contributed by atoms with van der Waals surface area (Å²) in [5.74, 6) is 0.720. The van der Waals surface area contributed by atoms with E-state index >= 15 is 0 Å². The van der Waals surface area contributed by atoms with Gasteiger partial charge in [0, 0.05) is 19.6 Å². The zero-order chi connectivity index (χ0) is 10.8. The molecule has 0 bridgehead atoms. The molecule has 1 aromatic carbocycles. The summed E-state index contributed by atoms with van der Waals surface area (Å²) < 4.78 is 0. The van der Waals surface area contributed by atoms with Gasteiger partial charge in [-0.15, -0.1) is 0 Å². The minimum atomic E-state index is 0.720. The number of hydrogen-bond acceptors (Lipinski definition) is 2. The van der Waals surface area contributed by atoms with Gasteiger partial charge in [0.25, 0.3) is 0 Å². The molecule has 0 spiro atoms. The first-order valence-electron chi connectivity index (χ1n) is 5.76. The van der Waals surface area contributed by atoms with Crippen LogP contribution in [0.25, 0.3) is 0 Å². The van der Waals surface area contributed by atoms with Crippen molar-refractivity contribution in [2.24, 2.45) is 5.92 Å². The number of rotatable bonds is 2. The van der Waals surface area contributed by atoms with Crippen molar-refractivity contribution in [1.29, 1.82) is 0 Å². The molecule has 0 saturated carbocycles. The van der Waals surface area contributed by atoms with Crippen LogP contribution in [0.1, 0.15) is 19.4 Å². The van der Waals surface area contributed by atoms with Gasteiger partial charge in [0.2, 0.25) is 0 Å². The van der Waals surface area contributed by atoms with Crippen molar-refractivity contribution in [3.8, 4) is 0 Å². The average molecular weight is 204 g/mol. The van der Waals surface area contributed by atoms with E-state index in [2.05, 4.69) is 49.2 Å². The van der Waals surface area contributed by atoms with Crippen molar-refractivity contribution in [3.63, 3.8) is 0 Å². The lowest BCUT2D eigenvalue weighted by Crippen LogP contribution is -2.36. The molecule has 0 atom stereocenters. The zero-order valence-corrected chi connectivity index (χ0v) is 9.88. The molecule has 1 heterocycles. The highest BCUT2D eigenvalue weighted by Crippen LogP contribution is 2.30. The van der Waals surface area contributed by atoms with Crippen LogP contribution in [0.4, 0.5) is 11.4 Å². The molecule has 0 unspecified atom stereocenters. The van der Waals surface area contributed by atoms with Gasteiger partial charge in [-0.3, -0.25) is 0 Å². The van der Waals surface area contributed by atoms with E-state index in [-0.39, 0.29) is 0 Å². The minimum Gasteiger partial charge on any atom is -0.382 e. The number of hydrogen-bond donors (Lipinski definition) is 1. The van der Waals surface area contributed by atoms with Crippen molar-refractivity contribution in [2.45, 2.75) is 20.8 Å². The monoisotopic (exact) mass is 204 g/mol. The molecule has 82 valence electrons. The summed E-state index contributed by atoms with van der Waals surface area (Å²) in [6.45, 7) is 10.0. The van der Waals surface area contributed by atoms with Crippen LogP contribution in [0.5, 0.6) is 0 Å². The van der Waals surface area contributed by atoms with Crippen LogP contribution >= 0.6 is 0 Å². The van der Waals surface area contributed by atoms with E-state index in [4.69, 9.17) is 0 Å². The van der Waals surface area contributed by atoms with Gasteiger partial charge in [-0.25, -0.2) is 0 Å². The molecule has 1 N–H and O–H groups in total. The summed E-state index contributed by atoms with van der Waals surface area (Å²) in [6.07, 6.45) is 0. The molecule has 2 heteroatoms. The highest BCUT2D eigenvalue weighted by atomic mass is 15.2. The SMILES string of the molecule is Cc1ccc2c(c1)NCCN2CC(C)C. The first-order valence-corrected chi connectivity index (χ1v) is 5.76. The Bertz CT molecular complexity index is 344. The van der Waals surface area contributed by atoms with Crippen molar-refractivity contribution in [1.82, 2.24) is 0 Å². The topological polar surface area (TPSA) is 15.3 Å². The van der Waals surface area contributed by atoms with Crippen LogP contribution in [-0.4, -0.2) is 19.6 Å². The Morgan fingerprint density at radius 1 is 1.40 bits per heavy atom. The van der Waals surface area contributed by atoms with Crippen molar-refractivity contribution < 1.29 is 0 Å². The third kappa shape index (κ3) is 2.25. The first kappa shape index (κ1) is 10.3. The van der Waals surface area contributed by atoms with Crippen LogP contribution in [-0.2, 0) is 0 Å². The fourth-order valence-electron chi connectivity index (χ4n) is 2.14. The highest BCUT2D eigenvalue weighted by molar-refractivity contribution is 5.72. The lowest BCUT2D eigenvalue weighted by atomic mass is 10.1. The van der Waals surface area contributed by atoms with E-state index < -0.39 is 0 Å². The van der Waals surface area contributed by atoms with Gasteiger partial charge in [-0.1, -0.05) is 19.9 Å². The van der Waals surface area contributed by atoms with Gasteiger partial charge in [-0.05, 0) is 30.5 Å². The normalized spacial score (nSPS) is 15.1. The summed E-state index contributed by atoms with van der Waals surface area (Å²) in [6, 6.07) is 6.67. The maximum atomic E-state index is 3.46. The summed E-state index contributed by atoms with van der Waals surface area (Å²) in [5.41, 5.74) is 3.98. The Balaban J connectivity index is 2.26. The number of anilines is 2. The van der Waals surface area contributed by atoms with E-state index in [1.807, 2.05) is 0 Å². The van der Waals surface area contributed by atoms with Gasteiger partial charge < -0.3 is 10.2 Å². The zero-order valence-electron chi connectivity index (χ0n) is 9.88. The van der Waals surface area contributed by atoms with Crippen LogP contribution in [0.2, 0.25) is 0 Å². The fourth-order valence-corrected chi connectivity index (χ4v) is 2.14. The van der Waals surface area contributed by atoms with Gasteiger partial charge >= 0.3 is 0 Å². The van der Waals surface area contributed by atoms with E-state index in [0.29, 0.717) is 0 Å². The molecule has 0 saturated heterocycles. The molecule has 0 radical (unpaired) electrons. The third-order valence-corrected chi connectivity index (χ3v) is 2.78. The third-order valence-electron chi connectivity index (χ3n) is 2.78. The fraction of sp³-hybridized carbons (Fsp3) is 0.538. The van der Waals surface area contributed by atoms with E-state index in [1.165, 1.54) is 16.9 Å². The quantitative estimate of drug-likeness (QED) is 0.797. The van der Waals surface area contributed by atoms with Crippen molar-refractivity contribution >= 4 is 11.4 Å². The molecule has 1 aliphatic rings. The van der Waals surface area contributed by atoms with Crippen LogP contribution in [0.3, 0.4) is 0 Å². The number of nitrogens with zero attached hydrogens (tertiary/aromatic N) is 1. The smallest absolute Gasteiger partial charge is 0.0602 e. The molecular weight excluding hydrogens is 184 g/mol. The van der Waals surface area contributed by atoms with E-state index in [9.17, 15) is 0 Å². The van der Waals surface area contributed by atoms with Crippen LogP contribution in [0, 0.1) is 12.8 Å². The molecule has 2 nitrogen and oxygen atoms in total. The van der Waals surface area contributed by atoms with Gasteiger partial charge in [0.1, 0.15) is 0 Å². The standard InChI is InChI=1S/C13H20N2/c1-10(2)9-15-7-6-14-12-8-11(3)4-5-13(12)15/h4-5,8,10,14H,6-7,9H2,1-3H3. The number of aryl methyl sites for hydroxylation is 1. The Hall–Kier alpha value is -1.18. The maximum absolute atomic E-state index is 3.46. The summed E-state index contributed by atoms with van der Waals surface area (Å²) in [5, 5.41) is 3.46. The molecule has 2 rings (SSSR count). The van der Waals surface area contributed by atoms with Crippen molar-refractivity contribution in [2.75, 3.05) is 29.9 Å². The Labute approximate surface area is 92.3 Å². The second-order valence-corrected chi connectivity index (χ2v) is 4.79. The summed E-state index contributed by atoms with van der Waals surface area (Å²) in [4.78, 5) is 2.48. The Kier molecular flexibility index (Phi) is 2.85. The first-order chi connectivity index (χ1) is 7.16. The lowest BCUT2D eigenvalue weighted by Gasteiger charge is -2.33. The predicted octanol–water partition coefficient (Wildman–Crippen LogP) is 2.88. The number of benzene rings is 1. The molecular formula is C13H20N2. The molecule has 1 aromatic rings. The molecule has 0 amide bonds. The second kappa shape index (κ2) is 4.13. The second-order valence-electron chi connectivity index (χ2n) is 4.79. The molecule has 0 aliphatic carbocycles. The van der Waals surface area contributed by atoms with E-state index in [0.717, 1.165) is 25.6 Å². The van der Waals surface area contributed by atoms with Gasteiger partial charge in [0.05, 0.1) is 11.4 Å². The largest absolute Gasteiger partial charge is 0.382 e. The van der Waals surface area contributed by atoms with Crippen LogP contribution in [0.15, 0.2) is 18.2 Å². The summed E-state index contributed by atoms with van der Waals surface area (Å²) in [7, 11) is 0. The number of nitrogens with one attached hydrogen (secondary N) is 1. The average Bonchev–Trinajstić information content (AvgIpc) is 2.16. The number of fused-ring (bicyclic) bond motifs is 1. The molecule has 1 aliphatic heterocycles.